The first-order chi connectivity index (χ1) is 13.2. The Morgan fingerprint density at radius 2 is 2.11 bits per heavy atom. The number of halogens is 1. The Kier molecular flexibility index (Phi) is 4.90. The van der Waals surface area contributed by atoms with E-state index in [1.165, 1.54) is 12.1 Å². The van der Waals surface area contributed by atoms with Gasteiger partial charge in [0.05, 0.1) is 16.4 Å². The van der Waals surface area contributed by atoms with E-state index in [1.807, 2.05) is 18.3 Å². The Hall–Kier alpha value is -2.73. The Labute approximate surface area is 157 Å². The highest BCUT2D eigenvalue weighted by atomic mass is 19.1. The van der Waals surface area contributed by atoms with Crippen LogP contribution in [0.1, 0.15) is 24.0 Å². The zero-order valence-corrected chi connectivity index (χ0v) is 15.1. The molecule has 1 aliphatic rings. The number of aromatic nitrogens is 2. The zero-order chi connectivity index (χ0) is 18.7. The SMILES string of the molecule is O=C(NCCc1c[nH]c2cccnc12)[C@@]1(c2ccc(F)cc2)CCCNC1. The minimum Gasteiger partial charge on any atom is -0.360 e. The highest BCUT2D eigenvalue weighted by molar-refractivity contribution is 5.89. The molecule has 1 aromatic carbocycles. The third-order valence-electron chi connectivity index (χ3n) is 5.41. The molecule has 6 heteroatoms. The molecule has 0 unspecified atom stereocenters. The van der Waals surface area contributed by atoms with Gasteiger partial charge in [-0.3, -0.25) is 9.78 Å². The molecule has 0 saturated carbocycles. The van der Waals surface area contributed by atoms with Gasteiger partial charge in [-0.15, -0.1) is 0 Å². The van der Waals surface area contributed by atoms with Gasteiger partial charge in [0, 0.05) is 25.5 Å². The van der Waals surface area contributed by atoms with E-state index in [4.69, 9.17) is 0 Å². The van der Waals surface area contributed by atoms with Crippen molar-refractivity contribution in [1.29, 1.82) is 0 Å². The molecule has 5 nitrogen and oxygen atoms in total. The fourth-order valence-electron chi connectivity index (χ4n) is 3.93. The van der Waals surface area contributed by atoms with Gasteiger partial charge in [0.25, 0.3) is 0 Å². The fraction of sp³-hybridized carbons (Fsp3) is 0.333. The van der Waals surface area contributed by atoms with Crippen LogP contribution in [0, 0.1) is 5.82 Å². The molecule has 140 valence electrons. The van der Waals surface area contributed by atoms with Gasteiger partial charge in [0.15, 0.2) is 0 Å². The Morgan fingerprint density at radius 3 is 2.89 bits per heavy atom. The molecule has 3 N–H and O–H groups in total. The van der Waals surface area contributed by atoms with E-state index >= 15 is 0 Å². The van der Waals surface area contributed by atoms with E-state index in [2.05, 4.69) is 20.6 Å². The van der Waals surface area contributed by atoms with Crippen LogP contribution in [0.3, 0.4) is 0 Å². The van der Waals surface area contributed by atoms with Gasteiger partial charge < -0.3 is 15.6 Å². The summed E-state index contributed by atoms with van der Waals surface area (Å²) in [6, 6.07) is 10.2. The smallest absolute Gasteiger partial charge is 0.231 e. The summed E-state index contributed by atoms with van der Waals surface area (Å²) >= 11 is 0. The summed E-state index contributed by atoms with van der Waals surface area (Å²) in [6.45, 7) is 2.00. The average Bonchev–Trinajstić information content (AvgIpc) is 3.12. The number of benzene rings is 1. The molecule has 0 aliphatic carbocycles. The number of H-pyrrole nitrogens is 1. The molecule has 2 aromatic heterocycles. The van der Waals surface area contributed by atoms with E-state index in [0.717, 1.165) is 41.5 Å². The third-order valence-corrected chi connectivity index (χ3v) is 5.41. The number of pyridine rings is 1. The van der Waals surface area contributed by atoms with E-state index < -0.39 is 5.41 Å². The van der Waals surface area contributed by atoms with E-state index in [9.17, 15) is 9.18 Å². The second-order valence-electron chi connectivity index (χ2n) is 7.09. The van der Waals surface area contributed by atoms with Crippen LogP contribution in [0.4, 0.5) is 4.39 Å². The Morgan fingerprint density at radius 1 is 1.26 bits per heavy atom. The number of nitrogens with one attached hydrogen (secondary N) is 3. The largest absolute Gasteiger partial charge is 0.360 e. The minimum absolute atomic E-state index is 0.00545. The molecule has 0 bridgehead atoms. The van der Waals surface area contributed by atoms with Crippen molar-refractivity contribution in [3.05, 3.63) is 65.7 Å². The number of fused-ring (bicyclic) bond motifs is 1. The lowest BCUT2D eigenvalue weighted by molar-refractivity contribution is -0.127. The van der Waals surface area contributed by atoms with Crippen molar-refractivity contribution in [1.82, 2.24) is 20.6 Å². The second-order valence-corrected chi connectivity index (χ2v) is 7.09. The maximum atomic E-state index is 13.3. The molecule has 27 heavy (non-hydrogen) atoms. The average molecular weight is 366 g/mol. The van der Waals surface area contributed by atoms with Gasteiger partial charge >= 0.3 is 0 Å². The zero-order valence-electron chi connectivity index (χ0n) is 15.1. The fourth-order valence-corrected chi connectivity index (χ4v) is 3.93. The van der Waals surface area contributed by atoms with Crippen LogP contribution in [0.15, 0.2) is 48.8 Å². The van der Waals surface area contributed by atoms with Crippen molar-refractivity contribution < 1.29 is 9.18 Å². The van der Waals surface area contributed by atoms with E-state index in [-0.39, 0.29) is 11.7 Å². The second kappa shape index (κ2) is 7.48. The van der Waals surface area contributed by atoms with Gasteiger partial charge in [0.1, 0.15) is 5.82 Å². The van der Waals surface area contributed by atoms with Crippen LogP contribution in [0.2, 0.25) is 0 Å². The van der Waals surface area contributed by atoms with E-state index in [1.54, 1.807) is 18.3 Å². The first kappa shape index (κ1) is 17.7. The lowest BCUT2D eigenvalue weighted by Crippen LogP contribution is -2.54. The summed E-state index contributed by atoms with van der Waals surface area (Å²) in [5, 5.41) is 6.42. The lowest BCUT2D eigenvalue weighted by atomic mass is 9.74. The normalized spacial score (nSPS) is 19.9. The van der Waals surface area contributed by atoms with Crippen molar-refractivity contribution in [3.8, 4) is 0 Å². The molecular weight excluding hydrogens is 343 g/mol. The monoisotopic (exact) mass is 366 g/mol. The number of carbonyl (C=O) groups is 1. The summed E-state index contributed by atoms with van der Waals surface area (Å²) in [5.41, 5.74) is 3.24. The molecule has 1 amide bonds. The van der Waals surface area contributed by atoms with Gasteiger partial charge in [-0.05, 0) is 61.2 Å². The van der Waals surface area contributed by atoms with Crippen LogP contribution in [-0.4, -0.2) is 35.5 Å². The first-order valence-corrected chi connectivity index (χ1v) is 9.35. The number of amides is 1. The van der Waals surface area contributed by atoms with Crippen molar-refractivity contribution in [2.75, 3.05) is 19.6 Å². The number of aromatic amines is 1. The standard InChI is InChI=1S/C21H23FN4O/c22-17-6-4-16(5-7-17)21(9-2-10-23-14-21)20(27)25-12-8-15-13-26-18-3-1-11-24-19(15)18/h1,3-7,11,13,23,26H,2,8-10,12,14H2,(H,25,27)/t21-/m0/s1. The molecule has 4 rings (SSSR count). The number of rotatable bonds is 5. The molecule has 1 aliphatic heterocycles. The molecule has 3 heterocycles. The lowest BCUT2D eigenvalue weighted by Gasteiger charge is -2.36. The van der Waals surface area contributed by atoms with Crippen molar-refractivity contribution in [2.45, 2.75) is 24.7 Å². The molecule has 0 radical (unpaired) electrons. The summed E-state index contributed by atoms with van der Waals surface area (Å²) in [5.74, 6) is -0.293. The van der Waals surface area contributed by atoms with Crippen LogP contribution >= 0.6 is 0 Å². The molecule has 1 saturated heterocycles. The molecule has 3 aromatic rings. The van der Waals surface area contributed by atoms with Crippen LogP contribution in [-0.2, 0) is 16.6 Å². The van der Waals surface area contributed by atoms with E-state index in [0.29, 0.717) is 19.5 Å². The summed E-state index contributed by atoms with van der Waals surface area (Å²) in [7, 11) is 0. The van der Waals surface area contributed by atoms with Crippen molar-refractivity contribution in [2.24, 2.45) is 0 Å². The Balaban J connectivity index is 1.48. The van der Waals surface area contributed by atoms with Gasteiger partial charge in [-0.2, -0.15) is 0 Å². The van der Waals surface area contributed by atoms with Gasteiger partial charge in [-0.1, -0.05) is 12.1 Å². The molecule has 1 fully saturated rings. The number of hydrogen-bond donors (Lipinski definition) is 3. The van der Waals surface area contributed by atoms with Crippen LogP contribution in [0.5, 0.6) is 0 Å². The molecular formula is C21H23FN4O. The predicted molar refractivity (Wildman–Crippen MR) is 103 cm³/mol. The Bertz CT molecular complexity index is 929. The van der Waals surface area contributed by atoms with Gasteiger partial charge in [-0.25, -0.2) is 4.39 Å². The highest BCUT2D eigenvalue weighted by Gasteiger charge is 2.41. The maximum Gasteiger partial charge on any atom is 0.231 e. The summed E-state index contributed by atoms with van der Waals surface area (Å²) in [6.07, 6.45) is 6.09. The quantitative estimate of drug-likeness (QED) is 0.650. The van der Waals surface area contributed by atoms with Gasteiger partial charge in [0.2, 0.25) is 5.91 Å². The van der Waals surface area contributed by atoms with Crippen LogP contribution < -0.4 is 10.6 Å². The molecule has 1 atom stereocenters. The minimum atomic E-state index is -0.648. The number of hydrogen-bond acceptors (Lipinski definition) is 3. The predicted octanol–water partition coefficient (Wildman–Crippen LogP) is 2.68. The summed E-state index contributed by atoms with van der Waals surface area (Å²) in [4.78, 5) is 20.7. The van der Waals surface area contributed by atoms with Crippen LogP contribution in [0.25, 0.3) is 11.0 Å². The first-order valence-electron chi connectivity index (χ1n) is 9.35. The topological polar surface area (TPSA) is 69.8 Å². The number of carbonyl (C=O) groups excluding carboxylic acids is 1. The van der Waals surface area contributed by atoms with Crippen molar-refractivity contribution >= 4 is 16.9 Å². The summed E-state index contributed by atoms with van der Waals surface area (Å²) < 4.78 is 13.3. The number of nitrogens with zero attached hydrogens (tertiary/aromatic N) is 1. The third kappa shape index (κ3) is 3.45. The maximum absolute atomic E-state index is 13.3. The molecule has 0 spiro atoms. The highest BCUT2D eigenvalue weighted by Crippen LogP contribution is 2.32. The number of piperidine rings is 1. The van der Waals surface area contributed by atoms with Crippen molar-refractivity contribution in [3.63, 3.8) is 0 Å².